The molecule has 0 unspecified atom stereocenters. The van der Waals surface area contributed by atoms with Crippen LogP contribution in [-0.4, -0.2) is 5.54 Å². The van der Waals surface area contributed by atoms with Crippen molar-refractivity contribution in [1.29, 1.82) is 5.26 Å². The van der Waals surface area contributed by atoms with E-state index in [-0.39, 0.29) is 0 Å². The summed E-state index contributed by atoms with van der Waals surface area (Å²) in [4.78, 5) is 0. The highest BCUT2D eigenvalue weighted by molar-refractivity contribution is 9.10. The number of hydrogen-bond acceptors (Lipinski definition) is 2. The average molecular weight is 253 g/mol. The number of rotatable bonds is 2. The first-order valence-electron chi connectivity index (χ1n) is 4.40. The quantitative estimate of drug-likeness (QED) is 0.875. The molecule has 1 N–H and O–H groups in total. The third kappa shape index (κ3) is 2.74. The Morgan fingerprint density at radius 1 is 1.43 bits per heavy atom. The van der Waals surface area contributed by atoms with Crippen LogP contribution in [0.15, 0.2) is 22.7 Å². The van der Waals surface area contributed by atoms with Crippen LogP contribution in [0.4, 0.5) is 5.69 Å². The molecule has 2 nitrogen and oxygen atoms in total. The number of benzene rings is 1. The maximum atomic E-state index is 8.86. The lowest BCUT2D eigenvalue weighted by Gasteiger charge is -2.19. The first kappa shape index (κ1) is 11.1. The van der Waals surface area contributed by atoms with Crippen molar-refractivity contribution < 1.29 is 0 Å². The van der Waals surface area contributed by atoms with Crippen LogP contribution >= 0.6 is 15.9 Å². The molecule has 0 saturated heterocycles. The van der Waals surface area contributed by atoms with Crippen LogP contribution in [0.25, 0.3) is 0 Å². The Labute approximate surface area is 93.1 Å². The summed E-state index contributed by atoms with van der Waals surface area (Å²) in [5.74, 6) is 0. The molecule has 1 rings (SSSR count). The van der Waals surface area contributed by atoms with Crippen molar-refractivity contribution in [3.63, 3.8) is 0 Å². The van der Waals surface area contributed by atoms with Crippen molar-refractivity contribution in [3.05, 3.63) is 28.2 Å². The third-order valence-electron chi connectivity index (χ3n) is 1.89. The molecule has 1 aromatic rings. The Hall–Kier alpha value is -1.01. The zero-order valence-corrected chi connectivity index (χ0v) is 10.1. The largest absolute Gasteiger partial charge is 0.368 e. The maximum absolute atomic E-state index is 8.86. The Bertz CT molecular complexity index is 377. The van der Waals surface area contributed by atoms with Crippen molar-refractivity contribution in [2.75, 3.05) is 5.32 Å². The molecule has 14 heavy (non-hydrogen) atoms. The molecule has 0 fully saturated rings. The fourth-order valence-electron chi connectivity index (χ4n) is 1.11. The van der Waals surface area contributed by atoms with E-state index in [1.54, 1.807) is 0 Å². The Morgan fingerprint density at radius 2 is 2.07 bits per heavy atom. The number of nitrogens with one attached hydrogen (secondary N) is 1. The van der Waals surface area contributed by atoms with Crippen LogP contribution in [0.1, 0.15) is 19.4 Å². The molecule has 0 saturated carbocycles. The fraction of sp³-hybridized carbons (Fsp3) is 0.364. The molecule has 3 heteroatoms. The Morgan fingerprint density at radius 3 is 2.57 bits per heavy atom. The molecule has 1 aromatic carbocycles. The van der Waals surface area contributed by atoms with E-state index in [0.717, 1.165) is 15.7 Å². The smallest absolute Gasteiger partial charge is 0.119 e. The first-order valence-corrected chi connectivity index (χ1v) is 5.19. The number of halogens is 1. The number of anilines is 1. The molecule has 0 aliphatic rings. The zero-order chi connectivity index (χ0) is 10.8. The van der Waals surface area contributed by atoms with Crippen LogP contribution in [-0.2, 0) is 0 Å². The molecule has 0 aromatic heterocycles. The standard InChI is InChI=1S/C11H13BrN2/c1-8-6-9(4-5-10(8)12)14-11(2,3)7-13/h4-6,14H,1-3H3. The predicted molar refractivity (Wildman–Crippen MR) is 62.2 cm³/mol. The minimum atomic E-state index is -0.528. The van der Waals surface area contributed by atoms with Gasteiger partial charge in [0.1, 0.15) is 5.54 Å². The lowest BCUT2D eigenvalue weighted by Crippen LogP contribution is -2.28. The van der Waals surface area contributed by atoms with Crippen molar-refractivity contribution >= 4 is 21.6 Å². The van der Waals surface area contributed by atoms with Gasteiger partial charge < -0.3 is 5.32 Å². The fourth-order valence-corrected chi connectivity index (χ4v) is 1.36. The first-order chi connectivity index (χ1) is 6.44. The van der Waals surface area contributed by atoms with Gasteiger partial charge in [0.15, 0.2) is 0 Å². The van der Waals surface area contributed by atoms with Crippen molar-refractivity contribution in [3.8, 4) is 6.07 Å². The summed E-state index contributed by atoms with van der Waals surface area (Å²) in [6.45, 7) is 5.73. The Balaban J connectivity index is 2.90. The van der Waals surface area contributed by atoms with E-state index in [0.29, 0.717) is 0 Å². The molecular weight excluding hydrogens is 240 g/mol. The van der Waals surface area contributed by atoms with Crippen molar-refractivity contribution in [2.24, 2.45) is 0 Å². The van der Waals surface area contributed by atoms with E-state index in [4.69, 9.17) is 5.26 Å². The molecule has 0 spiro atoms. The third-order valence-corrected chi connectivity index (χ3v) is 2.78. The highest BCUT2D eigenvalue weighted by Crippen LogP contribution is 2.22. The lowest BCUT2D eigenvalue weighted by atomic mass is 10.1. The van der Waals surface area contributed by atoms with Gasteiger partial charge in [0.25, 0.3) is 0 Å². The van der Waals surface area contributed by atoms with Gasteiger partial charge in [0.05, 0.1) is 6.07 Å². The summed E-state index contributed by atoms with van der Waals surface area (Å²) < 4.78 is 1.08. The summed E-state index contributed by atoms with van der Waals surface area (Å²) in [6.07, 6.45) is 0. The number of nitrogens with zero attached hydrogens (tertiary/aromatic N) is 1. The maximum Gasteiger partial charge on any atom is 0.119 e. The molecule has 0 aliphatic carbocycles. The molecular formula is C11H13BrN2. The molecule has 74 valence electrons. The molecule has 0 heterocycles. The van der Waals surface area contributed by atoms with Gasteiger partial charge in [-0.15, -0.1) is 0 Å². The van der Waals surface area contributed by atoms with E-state index in [9.17, 15) is 0 Å². The molecule has 0 amide bonds. The van der Waals surface area contributed by atoms with Gasteiger partial charge in [-0.3, -0.25) is 0 Å². The molecule has 0 aliphatic heterocycles. The van der Waals surface area contributed by atoms with Crippen LogP contribution in [0.5, 0.6) is 0 Å². The average Bonchev–Trinajstić information content (AvgIpc) is 2.11. The summed E-state index contributed by atoms with van der Waals surface area (Å²) >= 11 is 3.43. The lowest BCUT2D eigenvalue weighted by molar-refractivity contribution is 0.729. The SMILES string of the molecule is Cc1cc(NC(C)(C)C#N)ccc1Br. The van der Waals surface area contributed by atoms with E-state index in [2.05, 4.69) is 27.3 Å². The van der Waals surface area contributed by atoms with Gasteiger partial charge in [-0.25, -0.2) is 0 Å². The van der Waals surface area contributed by atoms with E-state index < -0.39 is 5.54 Å². The van der Waals surface area contributed by atoms with Crippen molar-refractivity contribution in [2.45, 2.75) is 26.3 Å². The highest BCUT2D eigenvalue weighted by atomic mass is 79.9. The number of nitriles is 1. The Kier molecular flexibility index (Phi) is 3.17. The summed E-state index contributed by atoms with van der Waals surface area (Å²) in [7, 11) is 0. The van der Waals surface area contributed by atoms with Gasteiger partial charge in [0.2, 0.25) is 0 Å². The number of aryl methyl sites for hydroxylation is 1. The van der Waals surface area contributed by atoms with Gasteiger partial charge >= 0.3 is 0 Å². The summed E-state index contributed by atoms with van der Waals surface area (Å²) in [5, 5.41) is 12.0. The molecule has 0 atom stereocenters. The highest BCUT2D eigenvalue weighted by Gasteiger charge is 2.15. The normalized spacial score (nSPS) is 10.8. The van der Waals surface area contributed by atoms with E-state index in [1.807, 2.05) is 39.0 Å². The van der Waals surface area contributed by atoms with Gasteiger partial charge in [-0.1, -0.05) is 15.9 Å². The van der Waals surface area contributed by atoms with E-state index >= 15 is 0 Å². The van der Waals surface area contributed by atoms with Crippen LogP contribution in [0.3, 0.4) is 0 Å². The monoisotopic (exact) mass is 252 g/mol. The number of hydrogen-bond donors (Lipinski definition) is 1. The van der Waals surface area contributed by atoms with Crippen LogP contribution in [0.2, 0.25) is 0 Å². The summed E-state index contributed by atoms with van der Waals surface area (Å²) in [5.41, 5.74) is 1.60. The van der Waals surface area contributed by atoms with Crippen LogP contribution in [0, 0.1) is 18.3 Å². The van der Waals surface area contributed by atoms with E-state index in [1.165, 1.54) is 0 Å². The topological polar surface area (TPSA) is 35.8 Å². The zero-order valence-electron chi connectivity index (χ0n) is 8.56. The second kappa shape index (κ2) is 4.02. The molecule has 0 bridgehead atoms. The van der Waals surface area contributed by atoms with Crippen LogP contribution < -0.4 is 5.32 Å². The van der Waals surface area contributed by atoms with Gasteiger partial charge in [0, 0.05) is 10.2 Å². The van der Waals surface area contributed by atoms with Gasteiger partial charge in [-0.2, -0.15) is 5.26 Å². The minimum Gasteiger partial charge on any atom is -0.368 e. The van der Waals surface area contributed by atoms with Crippen molar-refractivity contribution in [1.82, 2.24) is 0 Å². The molecule has 0 radical (unpaired) electrons. The predicted octanol–water partition coefficient (Wildman–Crippen LogP) is 3.47. The second-order valence-electron chi connectivity index (χ2n) is 3.83. The second-order valence-corrected chi connectivity index (χ2v) is 4.68. The summed E-state index contributed by atoms with van der Waals surface area (Å²) in [6, 6.07) is 8.15. The minimum absolute atomic E-state index is 0.528. The van der Waals surface area contributed by atoms with Gasteiger partial charge in [-0.05, 0) is 44.5 Å².